The number of ether oxygens (including phenoxy) is 2. The van der Waals surface area contributed by atoms with Crippen molar-refractivity contribution >= 4 is 23.0 Å². The largest absolute Gasteiger partial charge is 0.493 e. The second-order valence-corrected chi connectivity index (χ2v) is 7.37. The Balaban J connectivity index is 1.45. The molecule has 0 amide bonds. The number of thiocarbonyl (C=S) groups is 1. The molecule has 1 heterocycles. The molecule has 0 bridgehead atoms. The first kappa shape index (κ1) is 20.3. The summed E-state index contributed by atoms with van der Waals surface area (Å²) in [5.74, 6) is 1.51. The van der Waals surface area contributed by atoms with Crippen molar-refractivity contribution < 1.29 is 9.47 Å². The molecule has 6 heteroatoms. The van der Waals surface area contributed by atoms with Gasteiger partial charge in [-0.3, -0.25) is 0 Å². The SMILES string of the molecule is COc1ccc(CCNC(=S)N2CCN(c3cccc(C)c3)CC2)cc1OC. The maximum atomic E-state index is 5.61. The van der Waals surface area contributed by atoms with Crippen molar-refractivity contribution in [2.75, 3.05) is 51.8 Å². The molecule has 1 aliphatic heterocycles. The maximum absolute atomic E-state index is 5.61. The first-order valence-electron chi connectivity index (χ1n) is 9.66. The Bertz CT molecular complexity index is 804. The molecule has 2 aromatic carbocycles. The Kier molecular flexibility index (Phi) is 6.98. The van der Waals surface area contributed by atoms with E-state index in [1.54, 1.807) is 14.2 Å². The molecule has 3 rings (SSSR count). The molecule has 5 nitrogen and oxygen atoms in total. The average Bonchev–Trinajstić information content (AvgIpc) is 2.73. The van der Waals surface area contributed by atoms with Gasteiger partial charge in [0.25, 0.3) is 0 Å². The Morgan fingerprint density at radius 1 is 1.00 bits per heavy atom. The quantitative estimate of drug-likeness (QED) is 0.752. The standard InChI is InChI=1S/C22H29N3O2S/c1-17-5-4-6-19(15-17)24-11-13-25(14-12-24)22(28)23-10-9-18-7-8-20(26-2)21(16-18)27-3/h4-8,15-16H,9-14H2,1-3H3,(H,23,28). The van der Waals surface area contributed by atoms with Crippen molar-refractivity contribution in [1.82, 2.24) is 10.2 Å². The highest BCUT2D eigenvalue weighted by atomic mass is 32.1. The maximum Gasteiger partial charge on any atom is 0.169 e. The van der Waals surface area contributed by atoms with Gasteiger partial charge in [0.05, 0.1) is 14.2 Å². The predicted molar refractivity (Wildman–Crippen MR) is 119 cm³/mol. The van der Waals surface area contributed by atoms with Crippen molar-refractivity contribution in [3.63, 3.8) is 0 Å². The Morgan fingerprint density at radius 2 is 1.75 bits per heavy atom. The summed E-state index contributed by atoms with van der Waals surface area (Å²) in [5, 5.41) is 4.23. The lowest BCUT2D eigenvalue weighted by atomic mass is 10.1. The van der Waals surface area contributed by atoms with E-state index in [4.69, 9.17) is 21.7 Å². The minimum Gasteiger partial charge on any atom is -0.493 e. The number of nitrogens with zero attached hydrogens (tertiary/aromatic N) is 2. The lowest BCUT2D eigenvalue weighted by molar-refractivity contribution is 0.354. The van der Waals surface area contributed by atoms with Crippen LogP contribution in [0.3, 0.4) is 0 Å². The van der Waals surface area contributed by atoms with Gasteiger partial charge in [-0.05, 0) is 61.0 Å². The second-order valence-electron chi connectivity index (χ2n) is 6.98. The van der Waals surface area contributed by atoms with Gasteiger partial charge < -0.3 is 24.6 Å². The molecular weight excluding hydrogens is 370 g/mol. The zero-order chi connectivity index (χ0) is 19.9. The Labute approximate surface area is 173 Å². The van der Waals surface area contributed by atoms with E-state index in [0.29, 0.717) is 0 Å². The fourth-order valence-electron chi connectivity index (χ4n) is 3.45. The van der Waals surface area contributed by atoms with E-state index in [9.17, 15) is 0 Å². The molecule has 1 aliphatic rings. The van der Waals surface area contributed by atoms with Gasteiger partial charge in [-0.1, -0.05) is 18.2 Å². The van der Waals surface area contributed by atoms with Gasteiger partial charge in [0.1, 0.15) is 0 Å². The molecule has 0 unspecified atom stereocenters. The van der Waals surface area contributed by atoms with Gasteiger partial charge in [0.2, 0.25) is 0 Å². The zero-order valence-corrected chi connectivity index (χ0v) is 17.7. The second kappa shape index (κ2) is 9.64. The van der Waals surface area contributed by atoms with Gasteiger partial charge in [-0.2, -0.15) is 0 Å². The average molecular weight is 400 g/mol. The van der Waals surface area contributed by atoms with Gasteiger partial charge in [-0.15, -0.1) is 0 Å². The number of anilines is 1. The molecule has 0 atom stereocenters. The molecule has 150 valence electrons. The Hall–Kier alpha value is -2.47. The molecule has 0 aliphatic carbocycles. The summed E-state index contributed by atoms with van der Waals surface area (Å²) in [5.41, 5.74) is 3.79. The van der Waals surface area contributed by atoms with Crippen LogP contribution in [0.4, 0.5) is 5.69 Å². The number of piperazine rings is 1. The highest BCUT2D eigenvalue weighted by molar-refractivity contribution is 7.80. The molecule has 1 fully saturated rings. The summed E-state index contributed by atoms with van der Waals surface area (Å²) in [6, 6.07) is 14.7. The smallest absolute Gasteiger partial charge is 0.169 e. The third kappa shape index (κ3) is 5.07. The van der Waals surface area contributed by atoms with E-state index in [2.05, 4.69) is 52.4 Å². The van der Waals surface area contributed by atoms with E-state index < -0.39 is 0 Å². The van der Waals surface area contributed by atoms with Crippen LogP contribution in [0.5, 0.6) is 11.5 Å². The van der Waals surface area contributed by atoms with Crippen LogP contribution in [0.2, 0.25) is 0 Å². The summed E-state index contributed by atoms with van der Waals surface area (Å²) in [6.07, 6.45) is 0.879. The van der Waals surface area contributed by atoms with Crippen molar-refractivity contribution in [3.05, 3.63) is 53.6 Å². The number of benzene rings is 2. The first-order valence-corrected chi connectivity index (χ1v) is 10.1. The third-order valence-corrected chi connectivity index (χ3v) is 5.47. The van der Waals surface area contributed by atoms with Crippen molar-refractivity contribution in [2.24, 2.45) is 0 Å². The van der Waals surface area contributed by atoms with Crippen LogP contribution in [0.1, 0.15) is 11.1 Å². The van der Waals surface area contributed by atoms with Crippen molar-refractivity contribution in [3.8, 4) is 11.5 Å². The lowest BCUT2D eigenvalue weighted by Gasteiger charge is -2.37. The van der Waals surface area contributed by atoms with Crippen LogP contribution >= 0.6 is 12.2 Å². The number of hydrogen-bond acceptors (Lipinski definition) is 4. The van der Waals surface area contributed by atoms with Crippen LogP contribution in [-0.4, -0.2) is 57.0 Å². The number of aryl methyl sites for hydroxylation is 1. The summed E-state index contributed by atoms with van der Waals surface area (Å²) < 4.78 is 10.7. The van der Waals surface area contributed by atoms with Crippen LogP contribution in [0.15, 0.2) is 42.5 Å². The molecule has 1 saturated heterocycles. The topological polar surface area (TPSA) is 37.0 Å². The van der Waals surface area contributed by atoms with Gasteiger partial charge in [-0.25, -0.2) is 0 Å². The molecule has 0 aromatic heterocycles. The van der Waals surface area contributed by atoms with Crippen LogP contribution in [0.25, 0.3) is 0 Å². The predicted octanol–water partition coefficient (Wildman–Crippen LogP) is 3.25. The van der Waals surface area contributed by atoms with Gasteiger partial charge in [0.15, 0.2) is 16.6 Å². The molecule has 0 saturated carbocycles. The van der Waals surface area contributed by atoms with Crippen LogP contribution in [-0.2, 0) is 6.42 Å². The minimum atomic E-state index is 0.751. The number of rotatable bonds is 6. The molecule has 1 N–H and O–H groups in total. The minimum absolute atomic E-state index is 0.751. The molecule has 2 aromatic rings. The van der Waals surface area contributed by atoms with Crippen LogP contribution in [0, 0.1) is 6.92 Å². The third-order valence-electron chi connectivity index (χ3n) is 5.07. The van der Waals surface area contributed by atoms with Crippen LogP contribution < -0.4 is 19.7 Å². The number of methoxy groups -OCH3 is 2. The van der Waals surface area contributed by atoms with Crippen molar-refractivity contribution in [2.45, 2.75) is 13.3 Å². The summed E-state index contributed by atoms with van der Waals surface area (Å²) in [7, 11) is 3.31. The van der Waals surface area contributed by atoms with E-state index in [-0.39, 0.29) is 0 Å². The summed E-state index contributed by atoms with van der Waals surface area (Å²) in [4.78, 5) is 4.69. The zero-order valence-electron chi connectivity index (χ0n) is 16.9. The fraction of sp³-hybridized carbons (Fsp3) is 0.409. The number of nitrogens with one attached hydrogen (secondary N) is 1. The normalized spacial score (nSPS) is 14.0. The molecule has 28 heavy (non-hydrogen) atoms. The Morgan fingerprint density at radius 3 is 2.43 bits per heavy atom. The summed E-state index contributed by atoms with van der Waals surface area (Å²) in [6.45, 7) is 6.79. The summed E-state index contributed by atoms with van der Waals surface area (Å²) >= 11 is 5.61. The van der Waals surface area contributed by atoms with Crippen molar-refractivity contribution in [1.29, 1.82) is 0 Å². The van der Waals surface area contributed by atoms with E-state index >= 15 is 0 Å². The highest BCUT2D eigenvalue weighted by Crippen LogP contribution is 2.27. The fourth-order valence-corrected chi connectivity index (χ4v) is 3.74. The van der Waals surface area contributed by atoms with Gasteiger partial charge in [0, 0.05) is 38.4 Å². The van der Waals surface area contributed by atoms with E-state index in [1.807, 2.05) is 12.1 Å². The highest BCUT2D eigenvalue weighted by Gasteiger charge is 2.19. The number of hydrogen-bond donors (Lipinski definition) is 1. The molecule has 0 spiro atoms. The molecular formula is C22H29N3O2S. The first-order chi connectivity index (χ1) is 13.6. The van der Waals surface area contributed by atoms with E-state index in [1.165, 1.54) is 16.8 Å². The molecule has 0 radical (unpaired) electrons. The van der Waals surface area contributed by atoms with E-state index in [0.717, 1.165) is 55.8 Å². The van der Waals surface area contributed by atoms with Gasteiger partial charge >= 0.3 is 0 Å². The lowest BCUT2D eigenvalue weighted by Crippen LogP contribution is -2.52. The monoisotopic (exact) mass is 399 g/mol.